The van der Waals surface area contributed by atoms with Gasteiger partial charge in [-0.05, 0) is 30.3 Å². The molecule has 0 saturated carbocycles. The molecule has 2 heterocycles. The third-order valence-electron chi connectivity index (χ3n) is 2.94. The molecule has 0 radical (unpaired) electrons. The number of ether oxygens (including phenoxy) is 2. The number of hydrogen-bond acceptors (Lipinski definition) is 4. The molecule has 19 heavy (non-hydrogen) atoms. The number of furan rings is 1. The van der Waals surface area contributed by atoms with E-state index in [4.69, 9.17) is 13.9 Å². The second kappa shape index (κ2) is 4.68. The molecular weight excluding hydrogens is 246 g/mol. The van der Waals surface area contributed by atoms with Gasteiger partial charge in [0.1, 0.15) is 5.76 Å². The van der Waals surface area contributed by atoms with Crippen LogP contribution in [0.4, 0.5) is 0 Å². The SMILES string of the molecule is CN(Cc1ccco1)C(=O)c1ccc2c(c1)OCO2. The van der Waals surface area contributed by atoms with E-state index in [0.29, 0.717) is 23.6 Å². The number of carbonyl (C=O) groups is 1. The zero-order valence-corrected chi connectivity index (χ0v) is 10.5. The number of fused-ring (bicyclic) bond motifs is 1. The van der Waals surface area contributed by atoms with Crippen molar-refractivity contribution in [1.82, 2.24) is 4.90 Å². The number of hydrogen-bond donors (Lipinski definition) is 0. The number of nitrogens with zero attached hydrogens (tertiary/aromatic N) is 1. The van der Waals surface area contributed by atoms with E-state index in [1.165, 1.54) is 0 Å². The van der Waals surface area contributed by atoms with E-state index in [1.807, 2.05) is 6.07 Å². The van der Waals surface area contributed by atoms with Gasteiger partial charge in [-0.2, -0.15) is 0 Å². The summed E-state index contributed by atoms with van der Waals surface area (Å²) >= 11 is 0. The van der Waals surface area contributed by atoms with E-state index in [9.17, 15) is 4.79 Å². The smallest absolute Gasteiger partial charge is 0.254 e. The Morgan fingerprint density at radius 3 is 2.89 bits per heavy atom. The Kier molecular flexibility index (Phi) is 2.87. The maximum absolute atomic E-state index is 12.3. The first kappa shape index (κ1) is 11.6. The molecular formula is C14H13NO4. The Morgan fingerprint density at radius 2 is 2.11 bits per heavy atom. The van der Waals surface area contributed by atoms with Crippen molar-refractivity contribution in [2.75, 3.05) is 13.8 Å². The Bertz CT molecular complexity index is 591. The Morgan fingerprint density at radius 1 is 1.26 bits per heavy atom. The van der Waals surface area contributed by atoms with E-state index in [2.05, 4.69) is 0 Å². The molecule has 0 atom stereocenters. The summed E-state index contributed by atoms with van der Waals surface area (Å²) in [5.41, 5.74) is 0.568. The highest BCUT2D eigenvalue weighted by molar-refractivity contribution is 5.94. The highest BCUT2D eigenvalue weighted by Crippen LogP contribution is 2.32. The van der Waals surface area contributed by atoms with Crippen LogP contribution in [0.3, 0.4) is 0 Å². The summed E-state index contributed by atoms with van der Waals surface area (Å²) in [6.07, 6.45) is 1.59. The fourth-order valence-electron chi connectivity index (χ4n) is 1.96. The van der Waals surface area contributed by atoms with Crippen molar-refractivity contribution in [2.45, 2.75) is 6.54 Å². The van der Waals surface area contributed by atoms with Crippen molar-refractivity contribution in [3.05, 3.63) is 47.9 Å². The van der Waals surface area contributed by atoms with Crippen molar-refractivity contribution >= 4 is 5.91 Å². The topological polar surface area (TPSA) is 51.9 Å². The molecule has 1 aromatic heterocycles. The van der Waals surface area contributed by atoms with Gasteiger partial charge in [0.05, 0.1) is 12.8 Å². The highest BCUT2D eigenvalue weighted by atomic mass is 16.7. The zero-order chi connectivity index (χ0) is 13.2. The zero-order valence-electron chi connectivity index (χ0n) is 10.5. The average Bonchev–Trinajstić information content (AvgIpc) is 3.07. The van der Waals surface area contributed by atoms with E-state index in [0.717, 1.165) is 5.76 Å². The number of carbonyl (C=O) groups excluding carboxylic acids is 1. The molecule has 0 fully saturated rings. The van der Waals surface area contributed by atoms with Gasteiger partial charge >= 0.3 is 0 Å². The van der Waals surface area contributed by atoms with Crippen LogP contribution in [0.25, 0.3) is 0 Å². The molecule has 5 heteroatoms. The van der Waals surface area contributed by atoms with Crippen LogP contribution in [0, 0.1) is 0 Å². The minimum absolute atomic E-state index is 0.0882. The molecule has 1 aliphatic heterocycles. The van der Waals surface area contributed by atoms with Crippen LogP contribution in [0.1, 0.15) is 16.1 Å². The monoisotopic (exact) mass is 259 g/mol. The van der Waals surface area contributed by atoms with E-state index in [1.54, 1.807) is 42.5 Å². The predicted octanol–water partition coefficient (Wildman–Crippen LogP) is 2.28. The minimum atomic E-state index is -0.0882. The second-order valence-electron chi connectivity index (χ2n) is 4.31. The average molecular weight is 259 g/mol. The van der Waals surface area contributed by atoms with Gasteiger partial charge in [0.2, 0.25) is 6.79 Å². The summed E-state index contributed by atoms with van der Waals surface area (Å²) in [6, 6.07) is 8.81. The number of benzene rings is 1. The van der Waals surface area contributed by atoms with Gasteiger partial charge in [-0.15, -0.1) is 0 Å². The summed E-state index contributed by atoms with van der Waals surface area (Å²) in [4.78, 5) is 13.9. The standard InChI is InChI=1S/C14H13NO4/c1-15(8-11-3-2-6-17-11)14(16)10-4-5-12-13(7-10)19-9-18-12/h2-7H,8-9H2,1H3. The molecule has 1 aliphatic rings. The molecule has 0 N–H and O–H groups in total. The fraction of sp³-hybridized carbons (Fsp3) is 0.214. The molecule has 98 valence electrons. The molecule has 1 amide bonds. The Labute approximate surface area is 110 Å². The highest BCUT2D eigenvalue weighted by Gasteiger charge is 2.18. The lowest BCUT2D eigenvalue weighted by Crippen LogP contribution is -2.25. The lowest BCUT2D eigenvalue weighted by atomic mass is 10.2. The van der Waals surface area contributed by atoms with Crippen molar-refractivity contribution < 1.29 is 18.7 Å². The second-order valence-corrected chi connectivity index (χ2v) is 4.31. The molecule has 1 aromatic carbocycles. The summed E-state index contributed by atoms with van der Waals surface area (Å²) in [6.45, 7) is 0.634. The van der Waals surface area contributed by atoms with Crippen molar-refractivity contribution in [1.29, 1.82) is 0 Å². The lowest BCUT2D eigenvalue weighted by Gasteiger charge is -2.15. The third-order valence-corrected chi connectivity index (χ3v) is 2.94. The molecule has 0 aliphatic carbocycles. The molecule has 0 unspecified atom stereocenters. The van der Waals surface area contributed by atoms with Gasteiger partial charge in [-0.3, -0.25) is 4.79 Å². The third kappa shape index (κ3) is 2.27. The van der Waals surface area contributed by atoms with E-state index in [-0.39, 0.29) is 12.7 Å². The fourth-order valence-corrected chi connectivity index (χ4v) is 1.96. The summed E-state index contributed by atoms with van der Waals surface area (Å²) in [5, 5.41) is 0. The van der Waals surface area contributed by atoms with Gasteiger partial charge in [0, 0.05) is 12.6 Å². The maximum atomic E-state index is 12.3. The minimum Gasteiger partial charge on any atom is -0.467 e. The van der Waals surface area contributed by atoms with Crippen LogP contribution >= 0.6 is 0 Å². The Hall–Kier alpha value is -2.43. The molecule has 0 bridgehead atoms. The van der Waals surface area contributed by atoms with Gasteiger partial charge in [-0.1, -0.05) is 0 Å². The van der Waals surface area contributed by atoms with Crippen LogP contribution in [0.5, 0.6) is 11.5 Å². The molecule has 3 rings (SSSR count). The van der Waals surface area contributed by atoms with Crippen molar-refractivity contribution in [2.24, 2.45) is 0 Å². The van der Waals surface area contributed by atoms with Crippen LogP contribution in [0.15, 0.2) is 41.0 Å². The number of rotatable bonds is 3. The quantitative estimate of drug-likeness (QED) is 0.848. The van der Waals surface area contributed by atoms with Gasteiger partial charge < -0.3 is 18.8 Å². The summed E-state index contributed by atoms with van der Waals surface area (Å²) in [5.74, 6) is 1.94. The first-order valence-corrected chi connectivity index (χ1v) is 5.91. The van der Waals surface area contributed by atoms with Crippen LogP contribution in [-0.4, -0.2) is 24.6 Å². The van der Waals surface area contributed by atoms with Crippen molar-refractivity contribution in [3.63, 3.8) is 0 Å². The lowest BCUT2D eigenvalue weighted by molar-refractivity contribution is 0.0775. The van der Waals surface area contributed by atoms with Crippen LogP contribution < -0.4 is 9.47 Å². The number of amides is 1. The first-order chi connectivity index (χ1) is 9.24. The van der Waals surface area contributed by atoms with Crippen molar-refractivity contribution in [3.8, 4) is 11.5 Å². The summed E-state index contributed by atoms with van der Waals surface area (Å²) < 4.78 is 15.7. The predicted molar refractivity (Wildman–Crippen MR) is 67.1 cm³/mol. The van der Waals surface area contributed by atoms with Crippen LogP contribution in [-0.2, 0) is 6.54 Å². The molecule has 0 saturated heterocycles. The molecule has 2 aromatic rings. The largest absolute Gasteiger partial charge is 0.467 e. The van der Waals surface area contributed by atoms with Crippen LogP contribution in [0.2, 0.25) is 0 Å². The Balaban J connectivity index is 1.76. The van der Waals surface area contributed by atoms with E-state index < -0.39 is 0 Å². The van der Waals surface area contributed by atoms with Gasteiger partial charge in [0.25, 0.3) is 5.91 Å². The maximum Gasteiger partial charge on any atom is 0.254 e. The molecule has 0 spiro atoms. The first-order valence-electron chi connectivity index (χ1n) is 5.91. The normalized spacial score (nSPS) is 12.5. The summed E-state index contributed by atoms with van der Waals surface area (Å²) in [7, 11) is 1.73. The van der Waals surface area contributed by atoms with Gasteiger partial charge in [0.15, 0.2) is 11.5 Å². The molecule has 5 nitrogen and oxygen atoms in total. The van der Waals surface area contributed by atoms with Gasteiger partial charge in [-0.25, -0.2) is 0 Å². The van der Waals surface area contributed by atoms with E-state index >= 15 is 0 Å².